The van der Waals surface area contributed by atoms with Crippen molar-refractivity contribution in [3.8, 4) is 0 Å². The SMILES string of the molecule is Cc1cc(N2CCCC2)c(F)cc1/C=C1\SC(=Nc2ccccc2)N(CCCN2CCOCC2)C1=O. The van der Waals surface area contributed by atoms with Gasteiger partial charge in [-0.2, -0.15) is 0 Å². The van der Waals surface area contributed by atoms with Gasteiger partial charge in [0.05, 0.1) is 29.5 Å². The van der Waals surface area contributed by atoms with Gasteiger partial charge in [-0.05, 0) is 79.4 Å². The van der Waals surface area contributed by atoms with Crippen LogP contribution in [0.1, 0.15) is 30.4 Å². The summed E-state index contributed by atoms with van der Waals surface area (Å²) in [6.07, 6.45) is 4.87. The average molecular weight is 509 g/mol. The molecule has 0 aliphatic carbocycles. The van der Waals surface area contributed by atoms with Crippen molar-refractivity contribution in [2.45, 2.75) is 26.2 Å². The Morgan fingerprint density at radius 3 is 2.56 bits per heavy atom. The number of hydrogen-bond donors (Lipinski definition) is 0. The zero-order chi connectivity index (χ0) is 24.9. The molecule has 3 aliphatic rings. The zero-order valence-corrected chi connectivity index (χ0v) is 21.6. The summed E-state index contributed by atoms with van der Waals surface area (Å²) in [6, 6.07) is 13.2. The Labute approximate surface area is 216 Å². The molecule has 3 aliphatic heterocycles. The first kappa shape index (κ1) is 25.0. The van der Waals surface area contributed by atoms with Crippen LogP contribution in [-0.2, 0) is 9.53 Å². The number of hydrogen-bond acceptors (Lipinski definition) is 6. The lowest BCUT2D eigenvalue weighted by Crippen LogP contribution is -2.38. The van der Waals surface area contributed by atoms with E-state index in [9.17, 15) is 4.79 Å². The fourth-order valence-electron chi connectivity index (χ4n) is 4.86. The molecule has 6 nitrogen and oxygen atoms in total. The smallest absolute Gasteiger partial charge is 0.266 e. The lowest BCUT2D eigenvalue weighted by molar-refractivity contribution is -0.122. The lowest BCUT2D eigenvalue weighted by atomic mass is 10.1. The van der Waals surface area contributed by atoms with Crippen molar-refractivity contribution in [3.05, 3.63) is 64.3 Å². The van der Waals surface area contributed by atoms with Gasteiger partial charge in [0.2, 0.25) is 0 Å². The van der Waals surface area contributed by atoms with Crippen LogP contribution < -0.4 is 4.90 Å². The summed E-state index contributed by atoms with van der Waals surface area (Å²) < 4.78 is 20.5. The summed E-state index contributed by atoms with van der Waals surface area (Å²) in [4.78, 5) is 25.1. The molecular weight excluding hydrogens is 475 g/mol. The third-order valence-corrected chi connectivity index (χ3v) is 7.90. The first-order chi connectivity index (χ1) is 17.6. The molecule has 0 bridgehead atoms. The number of morpholine rings is 1. The Kier molecular flexibility index (Phi) is 8.04. The van der Waals surface area contributed by atoms with Gasteiger partial charge in [-0.3, -0.25) is 14.6 Å². The Hall–Kier alpha value is -2.68. The number of carbonyl (C=O) groups excluding carboxylic acids is 1. The Bertz CT molecular complexity index is 1140. The van der Waals surface area contributed by atoms with Gasteiger partial charge in [0.25, 0.3) is 5.91 Å². The third kappa shape index (κ3) is 5.82. The maximum atomic E-state index is 15.0. The van der Waals surface area contributed by atoms with Gasteiger partial charge in [-0.25, -0.2) is 9.38 Å². The molecule has 3 saturated heterocycles. The summed E-state index contributed by atoms with van der Waals surface area (Å²) in [7, 11) is 0. The molecule has 36 heavy (non-hydrogen) atoms. The maximum absolute atomic E-state index is 15.0. The molecule has 8 heteroatoms. The van der Waals surface area contributed by atoms with Gasteiger partial charge in [-0.1, -0.05) is 18.2 Å². The van der Waals surface area contributed by atoms with Crippen molar-refractivity contribution in [1.82, 2.24) is 9.80 Å². The van der Waals surface area contributed by atoms with Gasteiger partial charge >= 0.3 is 0 Å². The molecule has 190 valence electrons. The number of anilines is 1. The van der Waals surface area contributed by atoms with E-state index in [-0.39, 0.29) is 11.7 Å². The van der Waals surface area contributed by atoms with Crippen molar-refractivity contribution < 1.29 is 13.9 Å². The minimum Gasteiger partial charge on any atom is -0.379 e. The number of aryl methyl sites for hydroxylation is 1. The fourth-order valence-corrected chi connectivity index (χ4v) is 5.87. The molecule has 0 N–H and O–H groups in total. The first-order valence-corrected chi connectivity index (χ1v) is 13.6. The normalized spacial score (nSPS) is 21.3. The van der Waals surface area contributed by atoms with Crippen LogP contribution in [0.25, 0.3) is 6.08 Å². The molecule has 0 radical (unpaired) electrons. The van der Waals surface area contributed by atoms with Crippen LogP contribution >= 0.6 is 11.8 Å². The highest BCUT2D eigenvalue weighted by atomic mass is 32.2. The van der Waals surface area contributed by atoms with Crippen LogP contribution in [0.4, 0.5) is 15.8 Å². The van der Waals surface area contributed by atoms with Crippen LogP contribution in [0, 0.1) is 12.7 Å². The predicted octanol–water partition coefficient (Wildman–Crippen LogP) is 5.06. The van der Waals surface area contributed by atoms with E-state index in [4.69, 9.17) is 9.73 Å². The van der Waals surface area contributed by atoms with Crippen molar-refractivity contribution >= 4 is 40.3 Å². The second-order valence-electron chi connectivity index (χ2n) is 9.46. The molecule has 1 amide bonds. The van der Waals surface area contributed by atoms with Crippen molar-refractivity contribution in [1.29, 1.82) is 0 Å². The number of benzene rings is 2. The van der Waals surface area contributed by atoms with Crippen molar-refractivity contribution in [3.63, 3.8) is 0 Å². The largest absolute Gasteiger partial charge is 0.379 e. The molecule has 3 heterocycles. The molecule has 0 saturated carbocycles. The molecule has 0 atom stereocenters. The summed E-state index contributed by atoms with van der Waals surface area (Å²) in [5.41, 5.74) is 3.17. The summed E-state index contributed by atoms with van der Waals surface area (Å²) in [6.45, 7) is 8.65. The van der Waals surface area contributed by atoms with Gasteiger partial charge in [0.15, 0.2) is 5.17 Å². The summed E-state index contributed by atoms with van der Waals surface area (Å²) in [5, 5.41) is 0.672. The van der Waals surface area contributed by atoms with Crippen molar-refractivity contribution in [2.75, 3.05) is 57.4 Å². The highest BCUT2D eigenvalue weighted by Crippen LogP contribution is 2.36. The van der Waals surface area contributed by atoms with E-state index in [2.05, 4.69) is 9.80 Å². The number of para-hydroxylation sites is 1. The standard InChI is InChI=1S/C28H33FN4O2S/c1-21-18-25(32-11-5-6-12-32)24(29)19-22(21)20-26-27(34)33(13-7-10-31-14-16-35-17-15-31)28(36-26)30-23-8-3-2-4-9-23/h2-4,8-9,18-20H,5-7,10-17H2,1H3/b26-20-,30-28?. The number of aliphatic imine (C=N–C) groups is 1. The van der Waals surface area contributed by atoms with E-state index in [0.717, 1.165) is 82.0 Å². The Balaban J connectivity index is 1.37. The number of rotatable bonds is 7. The lowest BCUT2D eigenvalue weighted by Gasteiger charge is -2.27. The van der Waals surface area contributed by atoms with Gasteiger partial charge < -0.3 is 9.64 Å². The molecule has 0 aromatic heterocycles. The average Bonchev–Trinajstić information content (AvgIpc) is 3.52. The van der Waals surface area contributed by atoms with E-state index in [1.807, 2.05) is 49.4 Å². The second kappa shape index (κ2) is 11.6. The van der Waals surface area contributed by atoms with E-state index in [1.165, 1.54) is 11.8 Å². The number of carbonyl (C=O) groups is 1. The van der Waals surface area contributed by atoms with Crippen LogP contribution in [0.15, 0.2) is 52.4 Å². The minimum atomic E-state index is -0.231. The number of amidine groups is 1. The van der Waals surface area contributed by atoms with Gasteiger partial charge in [0, 0.05) is 39.3 Å². The third-order valence-electron chi connectivity index (χ3n) is 6.90. The first-order valence-electron chi connectivity index (χ1n) is 12.8. The highest BCUT2D eigenvalue weighted by Gasteiger charge is 2.33. The number of nitrogens with zero attached hydrogens (tertiary/aromatic N) is 4. The molecule has 2 aromatic carbocycles. The molecular formula is C28H33FN4O2S. The number of thioether (sulfide) groups is 1. The van der Waals surface area contributed by atoms with Crippen LogP contribution in [0.5, 0.6) is 0 Å². The van der Waals surface area contributed by atoms with Crippen LogP contribution in [-0.4, -0.2) is 73.4 Å². The zero-order valence-electron chi connectivity index (χ0n) is 20.8. The van der Waals surface area contributed by atoms with Crippen molar-refractivity contribution in [2.24, 2.45) is 4.99 Å². The van der Waals surface area contributed by atoms with Gasteiger partial charge in [-0.15, -0.1) is 0 Å². The topological polar surface area (TPSA) is 48.4 Å². The van der Waals surface area contributed by atoms with E-state index >= 15 is 4.39 Å². The van der Waals surface area contributed by atoms with E-state index < -0.39 is 0 Å². The monoisotopic (exact) mass is 508 g/mol. The number of amides is 1. The summed E-state index contributed by atoms with van der Waals surface area (Å²) >= 11 is 1.37. The molecule has 3 fully saturated rings. The number of halogens is 1. The molecule has 5 rings (SSSR count). The second-order valence-corrected chi connectivity index (χ2v) is 10.5. The fraction of sp³-hybridized carbons (Fsp3) is 0.429. The molecule has 0 spiro atoms. The van der Waals surface area contributed by atoms with Crippen LogP contribution in [0.2, 0.25) is 0 Å². The Morgan fingerprint density at radius 2 is 1.81 bits per heavy atom. The quantitative estimate of drug-likeness (QED) is 0.490. The molecule has 0 unspecified atom stereocenters. The highest BCUT2D eigenvalue weighted by molar-refractivity contribution is 8.18. The Morgan fingerprint density at radius 1 is 1.06 bits per heavy atom. The predicted molar refractivity (Wildman–Crippen MR) is 145 cm³/mol. The summed E-state index contributed by atoms with van der Waals surface area (Å²) in [5.74, 6) is -0.301. The van der Waals surface area contributed by atoms with E-state index in [0.29, 0.717) is 22.3 Å². The molecule has 2 aromatic rings. The van der Waals surface area contributed by atoms with Crippen LogP contribution in [0.3, 0.4) is 0 Å². The number of ether oxygens (including phenoxy) is 1. The minimum absolute atomic E-state index is 0.0694. The van der Waals surface area contributed by atoms with Gasteiger partial charge in [0.1, 0.15) is 5.82 Å². The van der Waals surface area contributed by atoms with E-state index in [1.54, 1.807) is 11.0 Å². The maximum Gasteiger partial charge on any atom is 0.266 e.